The molecule has 0 amide bonds. The zero-order valence-corrected chi connectivity index (χ0v) is 12.5. The number of hydrogen-bond acceptors (Lipinski definition) is 4. The fourth-order valence-electron chi connectivity index (χ4n) is 1.66. The predicted octanol–water partition coefficient (Wildman–Crippen LogP) is 3.24. The molecule has 1 heterocycles. The first-order valence-electron chi connectivity index (χ1n) is 6.66. The molecule has 0 saturated carbocycles. The summed E-state index contributed by atoms with van der Waals surface area (Å²) < 4.78 is 0. The maximum Gasteiger partial charge on any atom is 0.134 e. The van der Waals surface area contributed by atoms with Crippen LogP contribution < -0.4 is 10.6 Å². The van der Waals surface area contributed by atoms with Crippen molar-refractivity contribution in [2.45, 2.75) is 47.5 Å². The molecule has 1 aromatic rings. The van der Waals surface area contributed by atoms with Gasteiger partial charge >= 0.3 is 0 Å². The number of nitrogens with one attached hydrogen (secondary N) is 2. The van der Waals surface area contributed by atoms with Gasteiger partial charge in [-0.05, 0) is 18.8 Å². The molecule has 0 atom stereocenters. The molecule has 0 aliphatic heterocycles. The Kier molecular flexibility index (Phi) is 4.93. The molecule has 1 aromatic heterocycles. The molecule has 0 fully saturated rings. The van der Waals surface area contributed by atoms with Gasteiger partial charge in [-0.2, -0.15) is 0 Å². The van der Waals surface area contributed by atoms with Crippen LogP contribution in [0.2, 0.25) is 0 Å². The van der Waals surface area contributed by atoms with Crippen LogP contribution in [-0.2, 0) is 6.42 Å². The summed E-state index contributed by atoms with van der Waals surface area (Å²) in [6.45, 7) is 11.7. The summed E-state index contributed by atoms with van der Waals surface area (Å²) in [5.41, 5.74) is 1.32. The van der Waals surface area contributed by atoms with Gasteiger partial charge in [0.25, 0.3) is 0 Å². The third kappa shape index (κ3) is 4.17. The minimum Gasteiger partial charge on any atom is -0.373 e. The van der Waals surface area contributed by atoms with Crippen LogP contribution in [0.5, 0.6) is 0 Å². The van der Waals surface area contributed by atoms with Crippen LogP contribution >= 0.6 is 0 Å². The predicted molar refractivity (Wildman–Crippen MR) is 78.3 cm³/mol. The number of nitrogens with zero attached hydrogens (tertiary/aromatic N) is 2. The first-order chi connectivity index (χ1) is 8.37. The van der Waals surface area contributed by atoms with Crippen molar-refractivity contribution in [3.8, 4) is 0 Å². The number of rotatable bonds is 5. The van der Waals surface area contributed by atoms with Crippen molar-refractivity contribution in [1.29, 1.82) is 0 Å². The van der Waals surface area contributed by atoms with Gasteiger partial charge in [0.2, 0.25) is 0 Å². The molecular weight excluding hydrogens is 224 g/mol. The second-order valence-electron chi connectivity index (χ2n) is 5.88. The van der Waals surface area contributed by atoms with Crippen LogP contribution in [-0.4, -0.2) is 23.6 Å². The molecule has 2 N–H and O–H groups in total. The summed E-state index contributed by atoms with van der Waals surface area (Å²) in [5.74, 6) is 2.78. The second kappa shape index (κ2) is 6.03. The van der Waals surface area contributed by atoms with Crippen molar-refractivity contribution in [2.24, 2.45) is 5.41 Å². The molecule has 0 aliphatic carbocycles. The van der Waals surface area contributed by atoms with Crippen molar-refractivity contribution >= 4 is 11.6 Å². The molecule has 0 aliphatic rings. The zero-order chi connectivity index (χ0) is 13.8. The zero-order valence-electron chi connectivity index (χ0n) is 12.5. The van der Waals surface area contributed by atoms with Crippen LogP contribution in [0, 0.1) is 12.3 Å². The van der Waals surface area contributed by atoms with Crippen LogP contribution in [0.15, 0.2) is 0 Å². The molecule has 0 radical (unpaired) electrons. The lowest BCUT2D eigenvalue weighted by Crippen LogP contribution is -2.21. The molecule has 0 bridgehead atoms. The number of aromatic nitrogens is 2. The minimum absolute atomic E-state index is 0.238. The van der Waals surface area contributed by atoms with Crippen molar-refractivity contribution in [3.05, 3.63) is 11.4 Å². The Bertz CT molecular complexity index is 394. The van der Waals surface area contributed by atoms with Crippen LogP contribution in [0.25, 0.3) is 0 Å². The van der Waals surface area contributed by atoms with Gasteiger partial charge in [-0.3, -0.25) is 0 Å². The Morgan fingerprint density at radius 3 is 2.22 bits per heavy atom. The smallest absolute Gasteiger partial charge is 0.134 e. The quantitative estimate of drug-likeness (QED) is 0.842. The van der Waals surface area contributed by atoms with Gasteiger partial charge in [0, 0.05) is 25.6 Å². The van der Waals surface area contributed by atoms with Gasteiger partial charge in [-0.1, -0.05) is 27.7 Å². The average Bonchev–Trinajstić information content (AvgIpc) is 2.28. The van der Waals surface area contributed by atoms with Gasteiger partial charge in [-0.15, -0.1) is 0 Å². The number of hydrogen-bond donors (Lipinski definition) is 2. The van der Waals surface area contributed by atoms with Crippen LogP contribution in [0.1, 0.15) is 45.5 Å². The first-order valence-corrected chi connectivity index (χ1v) is 6.66. The summed E-state index contributed by atoms with van der Waals surface area (Å²) in [4.78, 5) is 9.13. The molecule has 4 nitrogen and oxygen atoms in total. The third-order valence-electron chi connectivity index (χ3n) is 2.69. The Morgan fingerprint density at radius 2 is 1.72 bits per heavy atom. The number of anilines is 2. The van der Waals surface area contributed by atoms with E-state index in [9.17, 15) is 0 Å². The fraction of sp³-hybridized carbons (Fsp3) is 0.714. The summed E-state index contributed by atoms with van der Waals surface area (Å²) in [6.07, 6.45) is 1.98. The molecule has 0 unspecified atom stereocenters. The van der Waals surface area contributed by atoms with E-state index in [1.807, 2.05) is 14.0 Å². The van der Waals surface area contributed by atoms with E-state index < -0.39 is 0 Å². The second-order valence-corrected chi connectivity index (χ2v) is 5.88. The lowest BCUT2D eigenvalue weighted by Gasteiger charge is -2.21. The fourth-order valence-corrected chi connectivity index (χ4v) is 1.66. The summed E-state index contributed by atoms with van der Waals surface area (Å²) >= 11 is 0. The van der Waals surface area contributed by atoms with Gasteiger partial charge in [-0.25, -0.2) is 9.97 Å². The maximum absolute atomic E-state index is 4.61. The van der Waals surface area contributed by atoms with Crippen molar-refractivity contribution in [3.63, 3.8) is 0 Å². The maximum atomic E-state index is 4.61. The highest BCUT2D eigenvalue weighted by atomic mass is 15.1. The Labute approximate surface area is 111 Å². The number of aryl methyl sites for hydroxylation is 1. The Morgan fingerprint density at radius 1 is 1.11 bits per heavy atom. The lowest BCUT2D eigenvalue weighted by atomic mass is 9.97. The molecule has 4 heteroatoms. The molecular formula is C14H26N4. The average molecular weight is 250 g/mol. The van der Waals surface area contributed by atoms with Gasteiger partial charge in [0.15, 0.2) is 0 Å². The van der Waals surface area contributed by atoms with Gasteiger partial charge < -0.3 is 10.6 Å². The highest BCUT2D eigenvalue weighted by molar-refractivity contribution is 5.57. The normalized spacial score (nSPS) is 11.4. The summed E-state index contributed by atoms with van der Waals surface area (Å²) in [7, 11) is 1.90. The van der Waals surface area contributed by atoms with Crippen LogP contribution in [0.3, 0.4) is 0 Å². The SMILES string of the molecule is CCCc1nc(NC)c(C)c(NCC(C)(C)C)n1. The van der Waals surface area contributed by atoms with E-state index in [-0.39, 0.29) is 5.41 Å². The Balaban J connectivity index is 2.97. The topological polar surface area (TPSA) is 49.8 Å². The first kappa shape index (κ1) is 14.7. The molecule has 18 heavy (non-hydrogen) atoms. The lowest BCUT2D eigenvalue weighted by molar-refractivity contribution is 0.442. The van der Waals surface area contributed by atoms with E-state index in [4.69, 9.17) is 0 Å². The Hall–Kier alpha value is -1.32. The highest BCUT2D eigenvalue weighted by Crippen LogP contribution is 2.22. The van der Waals surface area contributed by atoms with Crippen molar-refractivity contribution in [1.82, 2.24) is 9.97 Å². The standard InChI is InChI=1S/C14H26N4/c1-7-8-11-17-12(15-6)10(2)13(18-11)16-9-14(3,4)5/h7-9H2,1-6H3,(H2,15,16,17,18). The minimum atomic E-state index is 0.238. The summed E-state index contributed by atoms with van der Waals surface area (Å²) in [6, 6.07) is 0. The van der Waals surface area contributed by atoms with E-state index in [2.05, 4.69) is 48.3 Å². The molecule has 102 valence electrons. The molecule has 0 aromatic carbocycles. The van der Waals surface area contributed by atoms with Crippen LogP contribution in [0.4, 0.5) is 11.6 Å². The van der Waals surface area contributed by atoms with E-state index in [1.165, 1.54) is 0 Å². The van der Waals surface area contributed by atoms with E-state index in [0.29, 0.717) is 0 Å². The van der Waals surface area contributed by atoms with Gasteiger partial charge in [0.1, 0.15) is 17.5 Å². The van der Waals surface area contributed by atoms with Gasteiger partial charge in [0.05, 0.1) is 0 Å². The van der Waals surface area contributed by atoms with E-state index in [1.54, 1.807) is 0 Å². The summed E-state index contributed by atoms with van der Waals surface area (Å²) in [5, 5.41) is 6.58. The van der Waals surface area contributed by atoms with E-state index in [0.717, 1.165) is 42.4 Å². The third-order valence-corrected chi connectivity index (χ3v) is 2.69. The largest absolute Gasteiger partial charge is 0.373 e. The molecule has 1 rings (SSSR count). The molecule has 0 saturated heterocycles. The highest BCUT2D eigenvalue weighted by Gasteiger charge is 2.13. The van der Waals surface area contributed by atoms with Crippen molar-refractivity contribution < 1.29 is 0 Å². The molecule has 0 spiro atoms. The van der Waals surface area contributed by atoms with Crippen molar-refractivity contribution in [2.75, 3.05) is 24.2 Å². The monoisotopic (exact) mass is 250 g/mol. The van der Waals surface area contributed by atoms with E-state index >= 15 is 0 Å².